The van der Waals surface area contributed by atoms with Crippen LogP contribution >= 0.6 is 9.24 Å². The van der Waals surface area contributed by atoms with Gasteiger partial charge in [0.25, 0.3) is 5.91 Å². The number of carbonyl (C=O) groups is 1. The molecular weight excluding hydrogens is 365 g/mol. The molecule has 2 saturated heterocycles. The second-order valence-electron chi connectivity index (χ2n) is 8.48. The van der Waals surface area contributed by atoms with Crippen molar-refractivity contribution in [1.82, 2.24) is 15.1 Å². The Hall–Kier alpha value is -1.38. The van der Waals surface area contributed by atoms with E-state index >= 15 is 0 Å². The van der Waals surface area contributed by atoms with Crippen molar-refractivity contribution < 1.29 is 4.79 Å². The molecule has 5 heteroatoms. The second kappa shape index (κ2) is 9.89. The van der Waals surface area contributed by atoms with Crippen LogP contribution in [0.15, 0.2) is 30.5 Å². The zero-order chi connectivity index (χ0) is 20.1. The molecule has 154 valence electrons. The van der Waals surface area contributed by atoms with Crippen molar-refractivity contribution in [3.05, 3.63) is 41.6 Å². The maximum absolute atomic E-state index is 12.4. The lowest BCUT2D eigenvalue weighted by atomic mass is 9.91. The molecule has 1 aromatic carbocycles. The molecule has 3 rings (SSSR count). The smallest absolute Gasteiger partial charge is 0.251 e. The normalized spacial score (nSPS) is 21.1. The minimum atomic E-state index is -0.0291. The van der Waals surface area contributed by atoms with Crippen LogP contribution in [0.4, 0.5) is 0 Å². The Morgan fingerprint density at radius 3 is 2.68 bits per heavy atom. The quantitative estimate of drug-likeness (QED) is 0.712. The van der Waals surface area contributed by atoms with Crippen LogP contribution in [0.2, 0.25) is 0 Å². The maximum Gasteiger partial charge on any atom is 0.251 e. The van der Waals surface area contributed by atoms with E-state index < -0.39 is 0 Å². The predicted octanol–water partition coefficient (Wildman–Crippen LogP) is 3.33. The average Bonchev–Trinajstić information content (AvgIpc) is 3.19. The average molecular weight is 402 g/mol. The molecule has 0 aliphatic carbocycles. The molecule has 28 heavy (non-hydrogen) atoms. The van der Waals surface area contributed by atoms with Crippen LogP contribution in [0.3, 0.4) is 0 Å². The zero-order valence-electron chi connectivity index (χ0n) is 17.5. The fraction of sp³-hybridized carbons (Fsp3) is 0.609. The van der Waals surface area contributed by atoms with Crippen LogP contribution in [0.1, 0.15) is 54.9 Å². The van der Waals surface area contributed by atoms with Gasteiger partial charge in [-0.05, 0) is 68.2 Å². The van der Waals surface area contributed by atoms with Gasteiger partial charge in [0.1, 0.15) is 0 Å². The summed E-state index contributed by atoms with van der Waals surface area (Å²) < 4.78 is 0. The predicted molar refractivity (Wildman–Crippen MR) is 121 cm³/mol. The van der Waals surface area contributed by atoms with Crippen molar-refractivity contribution in [2.45, 2.75) is 52.0 Å². The van der Waals surface area contributed by atoms with Crippen molar-refractivity contribution in [3.8, 4) is 0 Å². The van der Waals surface area contributed by atoms with Crippen molar-refractivity contribution in [3.63, 3.8) is 0 Å². The first kappa shape index (κ1) is 21.3. The molecule has 0 radical (unpaired) electrons. The van der Waals surface area contributed by atoms with Gasteiger partial charge in [0.2, 0.25) is 0 Å². The van der Waals surface area contributed by atoms with Crippen molar-refractivity contribution in [2.75, 3.05) is 32.7 Å². The number of nitrogens with one attached hydrogen (secondary N) is 1. The van der Waals surface area contributed by atoms with Crippen LogP contribution < -0.4 is 10.6 Å². The number of aryl methyl sites for hydroxylation is 1. The van der Waals surface area contributed by atoms with Gasteiger partial charge in [-0.2, -0.15) is 0 Å². The van der Waals surface area contributed by atoms with E-state index in [0.717, 1.165) is 30.0 Å². The summed E-state index contributed by atoms with van der Waals surface area (Å²) in [4.78, 5) is 17.5. The first-order valence-electron chi connectivity index (χ1n) is 10.8. The lowest BCUT2D eigenvalue weighted by Gasteiger charge is -2.36. The summed E-state index contributed by atoms with van der Waals surface area (Å²) in [5.41, 5.74) is 2.90. The Kier molecular flexibility index (Phi) is 7.54. The number of hydrogen-bond donors (Lipinski definition) is 1. The molecule has 2 atom stereocenters. The van der Waals surface area contributed by atoms with Crippen molar-refractivity contribution >= 4 is 20.5 Å². The fourth-order valence-corrected chi connectivity index (χ4v) is 4.80. The SMILES string of the molecule is C=C(CNC(=O)c1ccc(C)c(P)c1)N1CCC(N2CCC(CCC)CC2)C1. The summed E-state index contributed by atoms with van der Waals surface area (Å²) >= 11 is 0. The minimum absolute atomic E-state index is 0.0291. The van der Waals surface area contributed by atoms with E-state index in [-0.39, 0.29) is 5.91 Å². The van der Waals surface area contributed by atoms with E-state index in [1.54, 1.807) is 0 Å². The van der Waals surface area contributed by atoms with E-state index in [1.807, 2.05) is 25.1 Å². The van der Waals surface area contributed by atoms with Gasteiger partial charge in [-0.1, -0.05) is 32.4 Å². The highest BCUT2D eigenvalue weighted by atomic mass is 31.0. The fourth-order valence-electron chi connectivity index (χ4n) is 4.52. The van der Waals surface area contributed by atoms with Crippen molar-refractivity contribution in [2.24, 2.45) is 5.92 Å². The Bertz CT molecular complexity index is 697. The summed E-state index contributed by atoms with van der Waals surface area (Å²) in [6.07, 6.45) is 6.62. The van der Waals surface area contributed by atoms with Crippen LogP contribution in [0.5, 0.6) is 0 Å². The molecule has 0 saturated carbocycles. The number of hydrogen-bond acceptors (Lipinski definition) is 3. The van der Waals surface area contributed by atoms with E-state index in [1.165, 1.54) is 50.8 Å². The van der Waals surface area contributed by atoms with E-state index in [9.17, 15) is 4.79 Å². The van der Waals surface area contributed by atoms with Gasteiger partial charge in [-0.3, -0.25) is 9.69 Å². The summed E-state index contributed by atoms with van der Waals surface area (Å²) in [6.45, 7) is 13.7. The van der Waals surface area contributed by atoms with Crippen LogP contribution in [0.25, 0.3) is 0 Å². The number of amides is 1. The highest BCUT2D eigenvalue weighted by Crippen LogP contribution is 2.26. The molecule has 4 nitrogen and oxygen atoms in total. The molecule has 2 fully saturated rings. The monoisotopic (exact) mass is 401 g/mol. The van der Waals surface area contributed by atoms with Gasteiger partial charge in [0.05, 0.1) is 6.54 Å². The standard InChI is InChI=1S/C23H36N3OP/c1-4-5-19-8-11-25(12-9-19)21-10-13-26(16-21)18(3)15-24-23(27)20-7-6-17(2)22(28)14-20/h6-7,14,19,21H,3-5,8-13,15-16,28H2,1-2H3,(H,24,27). The van der Waals surface area contributed by atoms with Gasteiger partial charge in [0.15, 0.2) is 0 Å². The number of carbonyl (C=O) groups excluding carboxylic acids is 1. The van der Waals surface area contributed by atoms with E-state index in [0.29, 0.717) is 18.2 Å². The Balaban J connectivity index is 1.43. The largest absolute Gasteiger partial charge is 0.372 e. The molecule has 0 bridgehead atoms. The van der Waals surface area contributed by atoms with Crippen molar-refractivity contribution in [1.29, 1.82) is 0 Å². The number of rotatable bonds is 7. The van der Waals surface area contributed by atoms with Crippen LogP contribution in [0, 0.1) is 12.8 Å². The third-order valence-electron chi connectivity index (χ3n) is 6.47. The topological polar surface area (TPSA) is 35.6 Å². The molecule has 2 aliphatic rings. The third kappa shape index (κ3) is 5.36. The zero-order valence-corrected chi connectivity index (χ0v) is 18.7. The Morgan fingerprint density at radius 1 is 1.25 bits per heavy atom. The lowest BCUT2D eigenvalue weighted by Crippen LogP contribution is -2.43. The van der Waals surface area contributed by atoms with Gasteiger partial charge in [0, 0.05) is 30.4 Å². The number of benzene rings is 1. The number of likely N-dealkylation sites (tertiary alicyclic amines) is 2. The van der Waals surface area contributed by atoms with E-state index in [2.05, 4.69) is 37.9 Å². The molecule has 1 aromatic rings. The van der Waals surface area contributed by atoms with Gasteiger partial charge >= 0.3 is 0 Å². The summed E-state index contributed by atoms with van der Waals surface area (Å²) in [6, 6.07) is 6.44. The third-order valence-corrected chi connectivity index (χ3v) is 7.09. The molecule has 2 unspecified atom stereocenters. The Morgan fingerprint density at radius 2 is 2.00 bits per heavy atom. The van der Waals surface area contributed by atoms with Crippen LogP contribution in [-0.2, 0) is 0 Å². The number of piperidine rings is 1. The summed E-state index contributed by atoms with van der Waals surface area (Å²) in [5, 5.41) is 4.10. The minimum Gasteiger partial charge on any atom is -0.372 e. The maximum atomic E-state index is 12.4. The van der Waals surface area contributed by atoms with Gasteiger partial charge in [-0.15, -0.1) is 9.24 Å². The van der Waals surface area contributed by atoms with Gasteiger partial charge < -0.3 is 10.2 Å². The second-order valence-corrected chi connectivity index (χ2v) is 9.10. The summed E-state index contributed by atoms with van der Waals surface area (Å²) in [7, 11) is 2.69. The first-order valence-corrected chi connectivity index (χ1v) is 11.4. The molecule has 2 aliphatic heterocycles. The highest BCUT2D eigenvalue weighted by Gasteiger charge is 2.30. The van der Waals surface area contributed by atoms with Gasteiger partial charge in [-0.25, -0.2) is 0 Å². The molecule has 0 spiro atoms. The molecule has 1 N–H and O–H groups in total. The molecular formula is C23H36N3OP. The summed E-state index contributed by atoms with van der Waals surface area (Å²) in [5.74, 6) is 0.909. The lowest BCUT2D eigenvalue weighted by molar-refractivity contribution is 0.0954. The number of nitrogens with zero attached hydrogens (tertiary/aromatic N) is 2. The van der Waals surface area contributed by atoms with Crippen LogP contribution in [-0.4, -0.2) is 54.5 Å². The highest BCUT2D eigenvalue weighted by molar-refractivity contribution is 7.27. The van der Waals surface area contributed by atoms with E-state index in [4.69, 9.17) is 0 Å². The molecule has 0 aromatic heterocycles. The Labute approximate surface area is 172 Å². The molecule has 1 amide bonds. The first-order chi connectivity index (χ1) is 13.5. The molecule has 2 heterocycles.